The van der Waals surface area contributed by atoms with E-state index in [4.69, 9.17) is 4.74 Å². The second-order valence-electron chi connectivity index (χ2n) is 8.85. The molecule has 0 saturated carbocycles. The average Bonchev–Trinajstić information content (AvgIpc) is 3.06. The summed E-state index contributed by atoms with van der Waals surface area (Å²) in [6.07, 6.45) is 9.69. The molecule has 0 aliphatic carbocycles. The smallest absolute Gasteiger partial charge is 0.264 e. The third-order valence-electron chi connectivity index (χ3n) is 6.74. The fraction of sp³-hybridized carbons (Fsp3) is 0.462. The second kappa shape index (κ2) is 10.1. The third kappa shape index (κ3) is 4.72. The molecule has 2 fully saturated rings. The van der Waals surface area contributed by atoms with Crippen molar-refractivity contribution in [2.45, 2.75) is 44.7 Å². The number of hydrogen-bond donors (Lipinski definition) is 0. The van der Waals surface area contributed by atoms with Crippen LogP contribution in [0.4, 0.5) is 0 Å². The number of carbonyl (C=O) groups is 1. The Morgan fingerprint density at radius 3 is 2.78 bits per heavy atom. The van der Waals surface area contributed by atoms with Gasteiger partial charge in [-0.25, -0.2) is 0 Å². The molecule has 168 valence electrons. The van der Waals surface area contributed by atoms with E-state index in [-0.39, 0.29) is 5.91 Å². The zero-order valence-corrected chi connectivity index (χ0v) is 19.4. The zero-order valence-electron chi connectivity index (χ0n) is 18.5. The summed E-state index contributed by atoms with van der Waals surface area (Å²) in [5.74, 6) is 0.178. The van der Waals surface area contributed by atoms with Gasteiger partial charge in [-0.1, -0.05) is 37.1 Å². The van der Waals surface area contributed by atoms with Crippen molar-refractivity contribution < 1.29 is 9.53 Å². The number of ether oxygens (including phenoxy) is 1. The quantitative estimate of drug-likeness (QED) is 0.564. The van der Waals surface area contributed by atoms with E-state index in [0.29, 0.717) is 32.3 Å². The van der Waals surface area contributed by atoms with Gasteiger partial charge in [0.15, 0.2) is 0 Å². The molecule has 2 aliphatic heterocycles. The first-order valence-corrected chi connectivity index (χ1v) is 12.6. The Hall–Kier alpha value is -2.28. The van der Waals surface area contributed by atoms with Crippen LogP contribution in [0.3, 0.4) is 0 Å². The zero-order chi connectivity index (χ0) is 21.8. The number of amides is 1. The minimum atomic E-state index is 0.178. The van der Waals surface area contributed by atoms with Gasteiger partial charge in [0.1, 0.15) is 0 Å². The van der Waals surface area contributed by atoms with E-state index in [1.807, 2.05) is 23.4 Å². The number of aromatic nitrogens is 1. The second-order valence-corrected chi connectivity index (χ2v) is 9.90. The minimum absolute atomic E-state index is 0.178. The molecule has 5 nitrogen and oxygen atoms in total. The van der Waals surface area contributed by atoms with E-state index in [1.54, 1.807) is 11.3 Å². The van der Waals surface area contributed by atoms with Crippen molar-refractivity contribution in [2.75, 3.05) is 32.8 Å². The lowest BCUT2D eigenvalue weighted by atomic mass is 9.97. The van der Waals surface area contributed by atoms with Crippen molar-refractivity contribution in [2.24, 2.45) is 0 Å². The van der Waals surface area contributed by atoms with Crippen LogP contribution in [0.25, 0.3) is 10.1 Å². The summed E-state index contributed by atoms with van der Waals surface area (Å²) in [7, 11) is 0. The van der Waals surface area contributed by atoms with E-state index in [9.17, 15) is 4.79 Å². The molecule has 6 heteroatoms. The van der Waals surface area contributed by atoms with Gasteiger partial charge in [-0.3, -0.25) is 14.7 Å². The van der Waals surface area contributed by atoms with Gasteiger partial charge in [0.2, 0.25) is 0 Å². The maximum Gasteiger partial charge on any atom is 0.264 e. The number of likely N-dealkylation sites (tertiary alicyclic amines) is 1. The molecule has 0 N–H and O–H groups in total. The molecule has 1 amide bonds. The molecule has 2 aromatic heterocycles. The lowest BCUT2D eigenvalue weighted by molar-refractivity contribution is 0.0305. The molecule has 2 saturated heterocycles. The molecule has 0 bridgehead atoms. The van der Waals surface area contributed by atoms with Crippen LogP contribution in [0.5, 0.6) is 0 Å². The predicted octanol–water partition coefficient (Wildman–Crippen LogP) is 4.76. The molecule has 32 heavy (non-hydrogen) atoms. The number of fused-ring (bicyclic) bond motifs is 1. The van der Waals surface area contributed by atoms with Crippen LogP contribution >= 0.6 is 11.3 Å². The van der Waals surface area contributed by atoms with Crippen LogP contribution < -0.4 is 0 Å². The minimum Gasteiger partial charge on any atom is -0.378 e. The molecular weight excluding hydrogens is 418 g/mol. The van der Waals surface area contributed by atoms with Crippen LogP contribution in [0.1, 0.15) is 46.5 Å². The summed E-state index contributed by atoms with van der Waals surface area (Å²) < 4.78 is 6.69. The number of nitrogens with zero attached hydrogens (tertiary/aromatic N) is 3. The largest absolute Gasteiger partial charge is 0.378 e. The van der Waals surface area contributed by atoms with Gasteiger partial charge < -0.3 is 9.64 Å². The van der Waals surface area contributed by atoms with Gasteiger partial charge in [-0.15, -0.1) is 11.3 Å². The normalized spacial score (nSPS) is 20.4. The number of thiophene rings is 1. The number of carbonyl (C=O) groups excluding carboxylic acids is 1. The summed E-state index contributed by atoms with van der Waals surface area (Å²) in [5, 5.41) is 1.25. The average molecular weight is 450 g/mol. The van der Waals surface area contributed by atoms with Gasteiger partial charge in [0.25, 0.3) is 5.91 Å². The Morgan fingerprint density at radius 1 is 1.06 bits per heavy atom. The molecule has 3 aromatic rings. The summed E-state index contributed by atoms with van der Waals surface area (Å²) in [6.45, 7) is 4.66. The molecule has 1 aromatic carbocycles. The van der Waals surface area contributed by atoms with E-state index in [2.05, 4.69) is 40.2 Å². The van der Waals surface area contributed by atoms with Gasteiger partial charge in [-0.2, -0.15) is 0 Å². The Balaban J connectivity index is 1.46. The van der Waals surface area contributed by atoms with Crippen molar-refractivity contribution >= 4 is 27.3 Å². The molecule has 4 heterocycles. The standard InChI is InChI=1S/C26H31N3O2S/c30-26(28-13-15-31-16-14-28)25-23(22-9-3-4-10-24(22)32-25)17-21-8-2-1-5-12-29(21)19-20-7-6-11-27-18-20/h3-4,6-7,9-11,18,21H,1-2,5,8,12-17,19H2/t21-/m0/s1. The molecule has 0 unspecified atom stereocenters. The molecule has 0 spiro atoms. The predicted molar refractivity (Wildman–Crippen MR) is 129 cm³/mol. The fourth-order valence-electron chi connectivity index (χ4n) is 5.02. The highest BCUT2D eigenvalue weighted by molar-refractivity contribution is 7.21. The summed E-state index contributed by atoms with van der Waals surface area (Å²) in [4.78, 5) is 23.4. The SMILES string of the molecule is O=C(c1sc2ccccc2c1C[C@@H]1CCCCCN1Cc1cccnc1)N1CCOCC1. The fourth-order valence-corrected chi connectivity index (χ4v) is 6.22. The first-order chi connectivity index (χ1) is 15.8. The van der Waals surface area contributed by atoms with Crippen molar-refractivity contribution in [3.05, 3.63) is 64.8 Å². The lowest BCUT2D eigenvalue weighted by Gasteiger charge is -2.31. The van der Waals surface area contributed by atoms with Crippen molar-refractivity contribution in [3.63, 3.8) is 0 Å². The van der Waals surface area contributed by atoms with Crippen LogP contribution in [-0.2, 0) is 17.7 Å². The van der Waals surface area contributed by atoms with Crippen LogP contribution in [0.15, 0.2) is 48.8 Å². The van der Waals surface area contributed by atoms with Crippen molar-refractivity contribution in [1.82, 2.24) is 14.8 Å². The highest BCUT2D eigenvalue weighted by Crippen LogP contribution is 2.35. The molecule has 5 rings (SSSR count). The van der Waals surface area contributed by atoms with Crippen molar-refractivity contribution in [3.8, 4) is 0 Å². The Morgan fingerprint density at radius 2 is 1.94 bits per heavy atom. The first kappa shape index (κ1) is 21.6. The Bertz CT molecular complexity index is 1050. The summed E-state index contributed by atoms with van der Waals surface area (Å²) >= 11 is 1.66. The monoisotopic (exact) mass is 449 g/mol. The first-order valence-electron chi connectivity index (χ1n) is 11.8. The van der Waals surface area contributed by atoms with E-state index < -0.39 is 0 Å². The van der Waals surface area contributed by atoms with E-state index >= 15 is 0 Å². The summed E-state index contributed by atoms with van der Waals surface area (Å²) in [6, 6.07) is 13.1. The van der Waals surface area contributed by atoms with Crippen LogP contribution in [0, 0.1) is 0 Å². The number of rotatable bonds is 5. The Kier molecular flexibility index (Phi) is 6.81. The van der Waals surface area contributed by atoms with Gasteiger partial charge in [0, 0.05) is 42.8 Å². The number of hydrogen-bond acceptors (Lipinski definition) is 5. The van der Waals surface area contributed by atoms with Gasteiger partial charge in [-0.05, 0) is 54.5 Å². The van der Waals surface area contributed by atoms with Crippen molar-refractivity contribution in [1.29, 1.82) is 0 Å². The van der Waals surface area contributed by atoms with E-state index in [0.717, 1.165) is 24.4 Å². The molecule has 2 aliphatic rings. The maximum absolute atomic E-state index is 13.5. The molecule has 1 atom stereocenters. The highest BCUT2D eigenvalue weighted by atomic mass is 32.1. The lowest BCUT2D eigenvalue weighted by Crippen LogP contribution is -2.41. The molecule has 0 radical (unpaired) electrons. The Labute approximate surface area is 194 Å². The van der Waals surface area contributed by atoms with Crippen LogP contribution in [0.2, 0.25) is 0 Å². The summed E-state index contributed by atoms with van der Waals surface area (Å²) in [5.41, 5.74) is 2.50. The number of pyridine rings is 1. The third-order valence-corrected chi connectivity index (χ3v) is 7.94. The van der Waals surface area contributed by atoms with Gasteiger partial charge >= 0.3 is 0 Å². The maximum atomic E-state index is 13.5. The van der Waals surface area contributed by atoms with Crippen LogP contribution in [-0.4, -0.2) is 59.6 Å². The number of morpholine rings is 1. The number of benzene rings is 1. The van der Waals surface area contributed by atoms with Gasteiger partial charge in [0.05, 0.1) is 18.1 Å². The highest BCUT2D eigenvalue weighted by Gasteiger charge is 2.28. The topological polar surface area (TPSA) is 45.7 Å². The van der Waals surface area contributed by atoms with E-state index in [1.165, 1.54) is 46.9 Å². The molecular formula is C26H31N3O2S.